The molecule has 3 aromatic rings. The zero-order chi connectivity index (χ0) is 14.8. The quantitative estimate of drug-likeness (QED) is 0.680. The van der Waals surface area contributed by atoms with E-state index in [4.69, 9.17) is 11.6 Å². The van der Waals surface area contributed by atoms with Gasteiger partial charge in [-0.3, -0.25) is 4.57 Å². The van der Waals surface area contributed by atoms with Crippen LogP contribution in [0.15, 0.2) is 42.5 Å². The van der Waals surface area contributed by atoms with Gasteiger partial charge in [0.15, 0.2) is 0 Å². The largest absolute Gasteiger partial charge is 0.295 e. The van der Waals surface area contributed by atoms with Crippen LogP contribution in [0, 0.1) is 11.3 Å². The molecule has 0 saturated carbocycles. The monoisotopic (exact) mass is 295 g/mol. The summed E-state index contributed by atoms with van der Waals surface area (Å²) >= 11 is 6.08. The zero-order valence-corrected chi connectivity index (χ0v) is 12.4. The SMILES string of the molecule is CCc1ccccc1-n1c(CCl)nc2c(C#N)cccc21. The lowest BCUT2D eigenvalue weighted by Gasteiger charge is -2.12. The van der Waals surface area contributed by atoms with Gasteiger partial charge >= 0.3 is 0 Å². The molecule has 0 aliphatic carbocycles. The first-order valence-electron chi connectivity index (χ1n) is 6.84. The van der Waals surface area contributed by atoms with Gasteiger partial charge in [-0.25, -0.2) is 4.98 Å². The first-order chi connectivity index (χ1) is 10.3. The number of aryl methyl sites for hydroxylation is 1. The Labute approximate surface area is 128 Å². The normalized spacial score (nSPS) is 10.7. The third-order valence-corrected chi connectivity index (χ3v) is 3.85. The lowest BCUT2D eigenvalue weighted by molar-refractivity contribution is 0.955. The van der Waals surface area contributed by atoms with Crippen molar-refractivity contribution in [1.82, 2.24) is 9.55 Å². The number of nitriles is 1. The second kappa shape index (κ2) is 5.59. The van der Waals surface area contributed by atoms with Crippen LogP contribution in [0.3, 0.4) is 0 Å². The maximum Gasteiger partial charge on any atom is 0.129 e. The molecule has 3 rings (SSSR count). The highest BCUT2D eigenvalue weighted by Crippen LogP contribution is 2.27. The van der Waals surface area contributed by atoms with Gasteiger partial charge in [-0.15, -0.1) is 11.6 Å². The first-order valence-corrected chi connectivity index (χ1v) is 7.38. The van der Waals surface area contributed by atoms with E-state index in [9.17, 15) is 5.26 Å². The Morgan fingerprint density at radius 1 is 1.19 bits per heavy atom. The zero-order valence-electron chi connectivity index (χ0n) is 11.7. The van der Waals surface area contributed by atoms with E-state index in [0.29, 0.717) is 17.0 Å². The summed E-state index contributed by atoms with van der Waals surface area (Å²) < 4.78 is 2.06. The molecule has 104 valence electrons. The maximum atomic E-state index is 9.25. The molecule has 0 N–H and O–H groups in total. The highest BCUT2D eigenvalue weighted by atomic mass is 35.5. The maximum absolute atomic E-state index is 9.25. The topological polar surface area (TPSA) is 41.6 Å². The summed E-state index contributed by atoms with van der Waals surface area (Å²) in [6, 6.07) is 16.0. The van der Waals surface area contributed by atoms with E-state index < -0.39 is 0 Å². The van der Waals surface area contributed by atoms with Crippen LogP contribution in [0.1, 0.15) is 23.9 Å². The predicted molar refractivity (Wildman–Crippen MR) is 84.7 cm³/mol. The Balaban J connectivity index is 2.39. The van der Waals surface area contributed by atoms with Crippen LogP contribution >= 0.6 is 11.6 Å². The Hall–Kier alpha value is -2.31. The number of fused-ring (bicyclic) bond motifs is 1. The smallest absolute Gasteiger partial charge is 0.129 e. The lowest BCUT2D eigenvalue weighted by atomic mass is 10.1. The number of hydrogen-bond acceptors (Lipinski definition) is 2. The van der Waals surface area contributed by atoms with Gasteiger partial charge in [0.2, 0.25) is 0 Å². The number of hydrogen-bond donors (Lipinski definition) is 0. The number of aromatic nitrogens is 2. The van der Waals surface area contributed by atoms with Gasteiger partial charge in [-0.05, 0) is 30.2 Å². The van der Waals surface area contributed by atoms with Gasteiger partial charge in [0.1, 0.15) is 17.4 Å². The number of rotatable bonds is 3. The van der Waals surface area contributed by atoms with Gasteiger partial charge < -0.3 is 0 Å². The van der Waals surface area contributed by atoms with E-state index in [1.54, 1.807) is 6.07 Å². The fraction of sp³-hybridized carbons (Fsp3) is 0.176. The standard InChI is InChI=1S/C17H14ClN3/c1-2-12-6-3-4-8-14(12)21-15-9-5-7-13(11-19)17(15)20-16(21)10-18/h3-9H,2,10H2,1H3. The van der Waals surface area contributed by atoms with Crippen molar-refractivity contribution in [1.29, 1.82) is 5.26 Å². The molecule has 3 nitrogen and oxygen atoms in total. The Bertz CT molecular complexity index is 843. The van der Waals surface area contributed by atoms with E-state index in [1.165, 1.54) is 5.56 Å². The van der Waals surface area contributed by atoms with E-state index in [2.05, 4.69) is 34.7 Å². The van der Waals surface area contributed by atoms with E-state index in [-0.39, 0.29) is 0 Å². The fourth-order valence-corrected chi connectivity index (χ4v) is 2.80. The van der Waals surface area contributed by atoms with Crippen LogP contribution < -0.4 is 0 Å². The van der Waals surface area contributed by atoms with Crippen molar-refractivity contribution >= 4 is 22.6 Å². The van der Waals surface area contributed by atoms with E-state index in [1.807, 2.05) is 24.3 Å². The minimum Gasteiger partial charge on any atom is -0.295 e. The van der Waals surface area contributed by atoms with Crippen molar-refractivity contribution in [3.63, 3.8) is 0 Å². The summed E-state index contributed by atoms with van der Waals surface area (Å²) in [5.41, 5.74) is 4.51. The molecule has 1 heterocycles. The van der Waals surface area contributed by atoms with Gasteiger partial charge in [-0.1, -0.05) is 31.2 Å². The molecule has 0 spiro atoms. The molecule has 0 aliphatic heterocycles. The fourth-order valence-electron chi connectivity index (χ4n) is 2.62. The van der Waals surface area contributed by atoms with Crippen LogP contribution in [0.4, 0.5) is 0 Å². The van der Waals surface area contributed by atoms with Crippen molar-refractivity contribution in [2.24, 2.45) is 0 Å². The number of para-hydroxylation sites is 2. The van der Waals surface area contributed by atoms with Crippen molar-refractivity contribution < 1.29 is 0 Å². The summed E-state index contributed by atoms with van der Waals surface area (Å²) in [4.78, 5) is 4.56. The molecule has 0 bridgehead atoms. The lowest BCUT2D eigenvalue weighted by Crippen LogP contribution is -2.02. The third-order valence-electron chi connectivity index (χ3n) is 3.61. The summed E-state index contributed by atoms with van der Waals surface area (Å²) in [7, 11) is 0. The molecule has 0 aliphatic rings. The summed E-state index contributed by atoms with van der Waals surface area (Å²) in [6.45, 7) is 2.12. The number of imidazole rings is 1. The van der Waals surface area contributed by atoms with Gasteiger partial charge in [-0.2, -0.15) is 5.26 Å². The Morgan fingerprint density at radius 2 is 2.00 bits per heavy atom. The van der Waals surface area contributed by atoms with Gasteiger partial charge in [0.25, 0.3) is 0 Å². The summed E-state index contributed by atoms with van der Waals surface area (Å²) in [5, 5.41) is 9.25. The van der Waals surface area contributed by atoms with Crippen LogP contribution in [0.2, 0.25) is 0 Å². The molecular weight excluding hydrogens is 282 g/mol. The molecule has 0 fully saturated rings. The Kier molecular flexibility index (Phi) is 3.64. The van der Waals surface area contributed by atoms with E-state index in [0.717, 1.165) is 23.4 Å². The third kappa shape index (κ3) is 2.18. The van der Waals surface area contributed by atoms with Crippen LogP contribution in [0.5, 0.6) is 0 Å². The second-order valence-electron chi connectivity index (χ2n) is 4.76. The number of alkyl halides is 1. The molecule has 2 aromatic carbocycles. The second-order valence-corrected chi connectivity index (χ2v) is 5.03. The summed E-state index contributed by atoms with van der Waals surface area (Å²) in [6.07, 6.45) is 0.926. The molecule has 0 amide bonds. The molecular formula is C17H14ClN3. The number of benzene rings is 2. The average molecular weight is 296 g/mol. The van der Waals surface area contributed by atoms with Gasteiger partial charge in [0.05, 0.1) is 22.6 Å². The molecule has 0 saturated heterocycles. The number of halogens is 1. The van der Waals surface area contributed by atoms with E-state index >= 15 is 0 Å². The van der Waals surface area contributed by atoms with Crippen molar-refractivity contribution in [2.45, 2.75) is 19.2 Å². The first kappa shape index (κ1) is 13.7. The van der Waals surface area contributed by atoms with Gasteiger partial charge in [0, 0.05) is 0 Å². The Morgan fingerprint density at radius 3 is 2.71 bits per heavy atom. The highest BCUT2D eigenvalue weighted by Gasteiger charge is 2.15. The average Bonchev–Trinajstić information content (AvgIpc) is 2.93. The predicted octanol–water partition coefficient (Wildman–Crippen LogP) is 4.20. The van der Waals surface area contributed by atoms with Crippen LogP contribution in [0.25, 0.3) is 16.7 Å². The van der Waals surface area contributed by atoms with Crippen molar-refractivity contribution in [2.75, 3.05) is 0 Å². The molecule has 0 unspecified atom stereocenters. The van der Waals surface area contributed by atoms with Crippen LogP contribution in [-0.2, 0) is 12.3 Å². The minimum absolute atomic E-state index is 0.303. The highest BCUT2D eigenvalue weighted by molar-refractivity contribution is 6.17. The molecule has 21 heavy (non-hydrogen) atoms. The van der Waals surface area contributed by atoms with Crippen LogP contribution in [-0.4, -0.2) is 9.55 Å². The van der Waals surface area contributed by atoms with Crippen molar-refractivity contribution in [3.05, 3.63) is 59.4 Å². The van der Waals surface area contributed by atoms with Crippen molar-refractivity contribution in [3.8, 4) is 11.8 Å². The molecule has 1 aromatic heterocycles. The molecule has 0 atom stereocenters. The minimum atomic E-state index is 0.303. The summed E-state index contributed by atoms with van der Waals surface area (Å²) in [5.74, 6) is 1.06. The molecule has 4 heteroatoms. The number of nitrogens with zero attached hydrogens (tertiary/aromatic N) is 3. The molecule has 0 radical (unpaired) electrons.